The predicted molar refractivity (Wildman–Crippen MR) is 105 cm³/mol. The molecule has 1 unspecified atom stereocenters. The highest BCUT2D eigenvalue weighted by molar-refractivity contribution is 7.99. The molecule has 2 aromatic carbocycles. The van der Waals surface area contributed by atoms with E-state index in [9.17, 15) is 9.59 Å². The molecule has 1 fully saturated rings. The van der Waals surface area contributed by atoms with Crippen molar-refractivity contribution in [3.8, 4) is 0 Å². The molecule has 0 bridgehead atoms. The SMILES string of the molecule is CCC1CCCCN1C(=O)C(=O)Nc1ccccc1Sc1ccccc1. The average Bonchev–Trinajstić information content (AvgIpc) is 2.69. The lowest BCUT2D eigenvalue weighted by Gasteiger charge is -2.34. The normalized spacial score (nSPS) is 17.0. The van der Waals surface area contributed by atoms with Gasteiger partial charge in [-0.05, 0) is 49.9 Å². The van der Waals surface area contributed by atoms with E-state index >= 15 is 0 Å². The Hall–Kier alpha value is -2.27. The highest BCUT2D eigenvalue weighted by Crippen LogP contribution is 2.33. The van der Waals surface area contributed by atoms with Crippen molar-refractivity contribution >= 4 is 29.3 Å². The van der Waals surface area contributed by atoms with E-state index in [1.165, 1.54) is 0 Å². The Morgan fingerprint density at radius 1 is 1.08 bits per heavy atom. The van der Waals surface area contributed by atoms with Crippen LogP contribution in [0, 0.1) is 0 Å². The molecule has 4 nitrogen and oxygen atoms in total. The molecular formula is C21H24N2O2S. The van der Waals surface area contributed by atoms with Gasteiger partial charge >= 0.3 is 11.8 Å². The number of anilines is 1. The van der Waals surface area contributed by atoms with E-state index in [0.717, 1.165) is 35.5 Å². The second kappa shape index (κ2) is 8.90. The fraction of sp³-hybridized carbons (Fsp3) is 0.333. The summed E-state index contributed by atoms with van der Waals surface area (Å²) in [5.74, 6) is -0.970. The van der Waals surface area contributed by atoms with Crippen LogP contribution in [-0.2, 0) is 9.59 Å². The summed E-state index contributed by atoms with van der Waals surface area (Å²) in [4.78, 5) is 29.0. The van der Waals surface area contributed by atoms with Gasteiger partial charge < -0.3 is 10.2 Å². The van der Waals surface area contributed by atoms with E-state index < -0.39 is 11.8 Å². The van der Waals surface area contributed by atoms with Gasteiger partial charge in [0, 0.05) is 22.4 Å². The van der Waals surface area contributed by atoms with E-state index in [0.29, 0.717) is 12.2 Å². The van der Waals surface area contributed by atoms with E-state index in [4.69, 9.17) is 0 Å². The molecule has 1 aliphatic rings. The van der Waals surface area contributed by atoms with Crippen molar-refractivity contribution in [2.75, 3.05) is 11.9 Å². The fourth-order valence-electron chi connectivity index (χ4n) is 3.27. The lowest BCUT2D eigenvalue weighted by atomic mass is 10.00. The van der Waals surface area contributed by atoms with Crippen LogP contribution in [0.3, 0.4) is 0 Å². The number of carbonyl (C=O) groups excluding carboxylic acids is 2. The zero-order valence-electron chi connectivity index (χ0n) is 15.0. The first kappa shape index (κ1) is 18.5. The van der Waals surface area contributed by atoms with Crippen molar-refractivity contribution in [2.24, 2.45) is 0 Å². The minimum Gasteiger partial charge on any atom is -0.331 e. The Balaban J connectivity index is 1.72. The number of piperidine rings is 1. The molecule has 0 radical (unpaired) electrons. The third-order valence-corrected chi connectivity index (χ3v) is 5.74. The van der Waals surface area contributed by atoms with Gasteiger partial charge in [0.05, 0.1) is 5.69 Å². The maximum absolute atomic E-state index is 12.6. The van der Waals surface area contributed by atoms with Gasteiger partial charge in [-0.25, -0.2) is 0 Å². The Labute approximate surface area is 159 Å². The minimum absolute atomic E-state index is 0.177. The molecule has 2 amide bonds. The first-order chi connectivity index (χ1) is 12.7. The van der Waals surface area contributed by atoms with Crippen LogP contribution in [0.15, 0.2) is 64.4 Å². The fourth-order valence-corrected chi connectivity index (χ4v) is 4.20. The third kappa shape index (κ3) is 4.47. The summed E-state index contributed by atoms with van der Waals surface area (Å²) >= 11 is 1.57. The summed E-state index contributed by atoms with van der Waals surface area (Å²) in [6.45, 7) is 2.74. The molecule has 136 valence electrons. The molecule has 0 saturated carbocycles. The summed E-state index contributed by atoms with van der Waals surface area (Å²) in [7, 11) is 0. The van der Waals surface area contributed by atoms with Gasteiger partial charge in [-0.2, -0.15) is 0 Å². The zero-order chi connectivity index (χ0) is 18.4. The minimum atomic E-state index is -0.550. The molecule has 1 saturated heterocycles. The van der Waals surface area contributed by atoms with Crippen LogP contribution >= 0.6 is 11.8 Å². The molecule has 5 heteroatoms. The van der Waals surface area contributed by atoms with Gasteiger partial charge in [-0.1, -0.05) is 49.0 Å². The Morgan fingerprint density at radius 3 is 2.58 bits per heavy atom. The van der Waals surface area contributed by atoms with Gasteiger partial charge in [0.1, 0.15) is 0 Å². The van der Waals surface area contributed by atoms with Crippen molar-refractivity contribution in [1.29, 1.82) is 0 Å². The quantitative estimate of drug-likeness (QED) is 0.805. The molecule has 1 aliphatic heterocycles. The van der Waals surface area contributed by atoms with Gasteiger partial charge in [0.2, 0.25) is 0 Å². The zero-order valence-corrected chi connectivity index (χ0v) is 15.8. The Kier molecular flexibility index (Phi) is 6.34. The summed E-state index contributed by atoms with van der Waals surface area (Å²) in [6, 6.07) is 17.7. The third-order valence-electron chi connectivity index (χ3n) is 4.66. The van der Waals surface area contributed by atoms with Crippen molar-refractivity contribution in [1.82, 2.24) is 4.90 Å². The van der Waals surface area contributed by atoms with Crippen LogP contribution in [0.1, 0.15) is 32.6 Å². The van der Waals surface area contributed by atoms with Gasteiger partial charge in [-0.3, -0.25) is 9.59 Å². The number of hydrogen-bond acceptors (Lipinski definition) is 3. The number of rotatable bonds is 4. The number of amides is 2. The van der Waals surface area contributed by atoms with E-state index in [1.54, 1.807) is 16.7 Å². The molecule has 26 heavy (non-hydrogen) atoms. The molecule has 0 aliphatic carbocycles. The van der Waals surface area contributed by atoms with Crippen LogP contribution < -0.4 is 5.32 Å². The van der Waals surface area contributed by atoms with Crippen LogP contribution in [0.5, 0.6) is 0 Å². The number of nitrogens with one attached hydrogen (secondary N) is 1. The molecule has 0 aromatic heterocycles. The summed E-state index contributed by atoms with van der Waals surface area (Å²) < 4.78 is 0. The second-order valence-electron chi connectivity index (χ2n) is 6.42. The van der Waals surface area contributed by atoms with E-state index in [-0.39, 0.29) is 6.04 Å². The lowest BCUT2D eigenvalue weighted by molar-refractivity contribution is -0.145. The first-order valence-corrected chi connectivity index (χ1v) is 9.94. The topological polar surface area (TPSA) is 49.4 Å². The van der Waals surface area contributed by atoms with Gasteiger partial charge in [-0.15, -0.1) is 0 Å². The second-order valence-corrected chi connectivity index (χ2v) is 7.54. The van der Waals surface area contributed by atoms with Crippen molar-refractivity contribution < 1.29 is 9.59 Å². The monoisotopic (exact) mass is 368 g/mol. The maximum atomic E-state index is 12.6. The highest BCUT2D eigenvalue weighted by Gasteiger charge is 2.29. The number of carbonyl (C=O) groups is 2. The number of likely N-dealkylation sites (tertiary alicyclic amines) is 1. The summed E-state index contributed by atoms with van der Waals surface area (Å²) in [5.41, 5.74) is 0.671. The van der Waals surface area contributed by atoms with Gasteiger partial charge in [0.25, 0.3) is 0 Å². The number of hydrogen-bond donors (Lipinski definition) is 1. The smallest absolute Gasteiger partial charge is 0.313 e. The van der Waals surface area contributed by atoms with Crippen molar-refractivity contribution in [2.45, 2.75) is 48.4 Å². The molecular weight excluding hydrogens is 344 g/mol. The van der Waals surface area contributed by atoms with Crippen LogP contribution in [-0.4, -0.2) is 29.3 Å². The lowest BCUT2D eigenvalue weighted by Crippen LogP contribution is -2.48. The molecule has 0 spiro atoms. The number of nitrogens with zero attached hydrogens (tertiary/aromatic N) is 1. The molecule has 3 rings (SSSR count). The predicted octanol–water partition coefficient (Wildman–Crippen LogP) is 4.57. The van der Waals surface area contributed by atoms with Crippen LogP contribution in [0.25, 0.3) is 0 Å². The standard InChI is InChI=1S/C21H24N2O2S/c1-2-16-10-8-9-15-23(16)21(25)20(24)22-18-13-6-7-14-19(18)26-17-11-4-3-5-12-17/h3-7,11-14,16H,2,8-10,15H2,1H3,(H,22,24). The van der Waals surface area contributed by atoms with E-state index in [2.05, 4.69) is 12.2 Å². The first-order valence-electron chi connectivity index (χ1n) is 9.13. The molecule has 1 N–H and O–H groups in total. The van der Waals surface area contributed by atoms with Crippen LogP contribution in [0.4, 0.5) is 5.69 Å². The van der Waals surface area contributed by atoms with Crippen molar-refractivity contribution in [3.63, 3.8) is 0 Å². The largest absolute Gasteiger partial charge is 0.331 e. The number of para-hydroxylation sites is 1. The molecule has 1 atom stereocenters. The van der Waals surface area contributed by atoms with E-state index in [1.807, 2.05) is 54.6 Å². The average molecular weight is 369 g/mol. The maximum Gasteiger partial charge on any atom is 0.313 e. The summed E-state index contributed by atoms with van der Waals surface area (Å²) in [5, 5.41) is 2.82. The van der Waals surface area contributed by atoms with Crippen LogP contribution in [0.2, 0.25) is 0 Å². The highest BCUT2D eigenvalue weighted by atomic mass is 32.2. The Bertz CT molecular complexity index is 764. The molecule has 2 aromatic rings. The number of benzene rings is 2. The molecule has 1 heterocycles. The Morgan fingerprint density at radius 2 is 1.81 bits per heavy atom. The summed E-state index contributed by atoms with van der Waals surface area (Å²) in [6.07, 6.45) is 3.96. The van der Waals surface area contributed by atoms with Gasteiger partial charge in [0.15, 0.2) is 0 Å². The van der Waals surface area contributed by atoms with Crippen molar-refractivity contribution in [3.05, 3.63) is 54.6 Å².